The third kappa shape index (κ3) is 9.11. The standard InChI is InChI=1S/C14H15F17O3Si.C10H15F9O3Si/c1-4-32-35(33-5-2,34-6-3)14(30,31)12(25,26)10(21,22)8(17,18)7(15,16)9(19,20)11(23,24)13(27,28)29;1-4-20-23(21-5-2,22-6-3)7(8(11,12)13,9(14,15)16)10(17,18)19/h4-6H2,1-3H3;4-6H2,1-3H3. The molecule has 0 saturated carbocycles. The Morgan fingerprint density at radius 3 is 0.638 bits per heavy atom. The van der Waals surface area contributed by atoms with E-state index < -0.39 is 128 Å². The van der Waals surface area contributed by atoms with Gasteiger partial charge in [0.15, 0.2) is 0 Å². The Bertz CT molecular complexity index is 1180. The minimum atomic E-state index is -8.70. The second-order valence-electron chi connectivity index (χ2n) is 10.5. The molecule has 0 heterocycles. The van der Waals surface area contributed by atoms with Crippen molar-refractivity contribution >= 4 is 17.6 Å². The highest BCUT2D eigenvalue weighted by molar-refractivity contribution is 6.65. The predicted octanol–water partition coefficient (Wildman–Crippen LogP) is 11.0. The van der Waals surface area contributed by atoms with Crippen molar-refractivity contribution < 1.29 is 141 Å². The Balaban J connectivity index is 0. The maximum absolute atomic E-state index is 14.6. The molecule has 352 valence electrons. The summed E-state index contributed by atoms with van der Waals surface area (Å²) in [6.45, 7) is -1.11. The summed E-state index contributed by atoms with van der Waals surface area (Å²) in [7, 11) is -13.0. The van der Waals surface area contributed by atoms with Crippen molar-refractivity contribution in [3.63, 3.8) is 0 Å². The molecule has 0 unspecified atom stereocenters. The van der Waals surface area contributed by atoms with Gasteiger partial charge in [0.05, 0.1) is 0 Å². The summed E-state index contributed by atoms with van der Waals surface area (Å²) in [4.78, 5) is 0. The van der Waals surface area contributed by atoms with E-state index in [1.807, 2.05) is 0 Å². The maximum Gasteiger partial charge on any atom is 0.582 e. The van der Waals surface area contributed by atoms with Gasteiger partial charge in [-0.1, -0.05) is 0 Å². The fourth-order valence-electron chi connectivity index (χ4n) is 4.35. The minimum absolute atomic E-state index is 0.731. The lowest BCUT2D eigenvalue weighted by atomic mass is 9.91. The van der Waals surface area contributed by atoms with Crippen LogP contribution in [-0.2, 0) is 26.6 Å². The molecule has 0 aromatic heterocycles. The van der Waals surface area contributed by atoms with Crippen molar-refractivity contribution in [2.45, 2.75) is 112 Å². The summed E-state index contributed by atoms with van der Waals surface area (Å²) >= 11 is 0. The Hall–Kier alpha value is -1.63. The van der Waals surface area contributed by atoms with Crippen molar-refractivity contribution in [3.8, 4) is 0 Å². The summed E-state index contributed by atoms with van der Waals surface area (Å²) in [6.07, 6.45) is -28.2. The van der Waals surface area contributed by atoms with Gasteiger partial charge in [0.1, 0.15) is 0 Å². The molecule has 0 radical (unpaired) electrons. The van der Waals surface area contributed by atoms with Gasteiger partial charge >= 0.3 is 88.4 Å². The molecule has 34 heteroatoms. The van der Waals surface area contributed by atoms with E-state index in [2.05, 4.69) is 26.6 Å². The first-order valence-corrected chi connectivity index (χ1v) is 18.6. The van der Waals surface area contributed by atoms with Gasteiger partial charge in [0.25, 0.3) is 0 Å². The molecule has 58 heavy (non-hydrogen) atoms. The number of rotatable bonds is 20. The van der Waals surface area contributed by atoms with Crippen molar-refractivity contribution in [1.29, 1.82) is 0 Å². The molecule has 0 N–H and O–H groups in total. The zero-order valence-corrected chi connectivity index (χ0v) is 31.5. The quantitative estimate of drug-likeness (QED) is 0.0895. The van der Waals surface area contributed by atoms with Crippen LogP contribution in [0.4, 0.5) is 114 Å². The second kappa shape index (κ2) is 18.4. The van der Waals surface area contributed by atoms with E-state index in [-0.39, 0.29) is 0 Å². The van der Waals surface area contributed by atoms with Crippen molar-refractivity contribution in [2.24, 2.45) is 0 Å². The topological polar surface area (TPSA) is 55.4 Å². The number of hydrogen-bond donors (Lipinski definition) is 0. The molecule has 0 fully saturated rings. The van der Waals surface area contributed by atoms with E-state index >= 15 is 0 Å². The lowest BCUT2D eigenvalue weighted by Gasteiger charge is -2.46. The number of halogens is 26. The van der Waals surface area contributed by atoms with Gasteiger partial charge in [-0.15, -0.1) is 0 Å². The minimum Gasteiger partial charge on any atom is -0.373 e. The van der Waals surface area contributed by atoms with Crippen LogP contribution in [0.15, 0.2) is 0 Å². The van der Waals surface area contributed by atoms with E-state index in [0.717, 1.165) is 41.5 Å². The largest absolute Gasteiger partial charge is 0.582 e. The number of alkyl halides is 26. The molecule has 0 amide bonds. The number of hydrogen-bond acceptors (Lipinski definition) is 6. The highest BCUT2D eigenvalue weighted by Gasteiger charge is 2.98. The van der Waals surface area contributed by atoms with Crippen LogP contribution >= 0.6 is 0 Å². The molecule has 0 bridgehead atoms. The van der Waals surface area contributed by atoms with Crippen molar-refractivity contribution in [3.05, 3.63) is 0 Å². The Morgan fingerprint density at radius 2 is 0.448 bits per heavy atom. The van der Waals surface area contributed by atoms with E-state index in [0.29, 0.717) is 0 Å². The van der Waals surface area contributed by atoms with Crippen LogP contribution in [0.1, 0.15) is 41.5 Å². The van der Waals surface area contributed by atoms with Gasteiger partial charge in [0.2, 0.25) is 0 Å². The normalized spacial score (nSPS) is 15.7. The molecule has 0 aliphatic heterocycles. The molecule has 0 aliphatic carbocycles. The average molecular weight is 965 g/mol. The van der Waals surface area contributed by atoms with Gasteiger partial charge < -0.3 is 26.6 Å². The van der Waals surface area contributed by atoms with E-state index in [1.165, 1.54) is 0 Å². The lowest BCUT2D eigenvalue weighted by molar-refractivity contribution is -0.459. The Labute approximate surface area is 311 Å². The molecule has 0 atom stereocenters. The summed E-state index contributed by atoms with van der Waals surface area (Å²) in [5.74, 6) is -50.5. The van der Waals surface area contributed by atoms with Gasteiger partial charge in [-0.2, -0.15) is 114 Å². The molecule has 0 aliphatic rings. The molecule has 0 saturated heterocycles. The summed E-state index contributed by atoms with van der Waals surface area (Å²) in [6, 6.07) is 0. The van der Waals surface area contributed by atoms with E-state index in [9.17, 15) is 114 Å². The summed E-state index contributed by atoms with van der Waals surface area (Å²) < 4.78 is 372. The first kappa shape index (κ1) is 58.5. The van der Waals surface area contributed by atoms with Crippen molar-refractivity contribution in [1.82, 2.24) is 0 Å². The third-order valence-corrected chi connectivity index (χ3v) is 13.7. The molecular formula is C24H30F26O6Si2. The predicted molar refractivity (Wildman–Crippen MR) is 143 cm³/mol. The van der Waals surface area contributed by atoms with Gasteiger partial charge in [-0.25, -0.2) is 0 Å². The highest BCUT2D eigenvalue weighted by atomic mass is 28.4. The van der Waals surface area contributed by atoms with Crippen LogP contribution in [0.2, 0.25) is 5.04 Å². The molecule has 0 rings (SSSR count). The smallest absolute Gasteiger partial charge is 0.373 e. The monoisotopic (exact) mass is 964 g/mol. The third-order valence-electron chi connectivity index (χ3n) is 6.85. The van der Waals surface area contributed by atoms with Crippen LogP contribution in [0.5, 0.6) is 0 Å². The fraction of sp³-hybridized carbons (Fsp3) is 1.00. The van der Waals surface area contributed by atoms with E-state index in [4.69, 9.17) is 0 Å². The fourth-order valence-corrected chi connectivity index (χ4v) is 9.90. The maximum atomic E-state index is 14.6. The van der Waals surface area contributed by atoms with Gasteiger partial charge in [-0.3, -0.25) is 0 Å². The van der Waals surface area contributed by atoms with Gasteiger partial charge in [-0.05, 0) is 41.5 Å². The second-order valence-corrected chi connectivity index (χ2v) is 15.8. The molecule has 0 aromatic carbocycles. The zero-order chi connectivity index (χ0) is 47.5. The molecular weight excluding hydrogens is 934 g/mol. The first-order chi connectivity index (χ1) is 25.4. The van der Waals surface area contributed by atoms with Crippen LogP contribution in [0.25, 0.3) is 0 Å². The Morgan fingerprint density at radius 1 is 0.259 bits per heavy atom. The average Bonchev–Trinajstić information content (AvgIpc) is 2.99. The van der Waals surface area contributed by atoms with E-state index in [1.54, 1.807) is 0 Å². The van der Waals surface area contributed by atoms with Crippen molar-refractivity contribution in [2.75, 3.05) is 39.6 Å². The molecule has 0 aromatic rings. The van der Waals surface area contributed by atoms with Crippen LogP contribution in [-0.4, -0.2) is 123 Å². The van der Waals surface area contributed by atoms with Crippen LogP contribution < -0.4 is 0 Å². The Kier molecular flexibility index (Phi) is 18.5. The molecule has 0 spiro atoms. The SMILES string of the molecule is CCO[Si](OCC)(OCC)C(C(F)(F)F)(C(F)(F)F)C(F)(F)F.CCO[Si](OCC)(OCC)C(F)(F)C(F)(F)C(F)(F)C(F)(F)C(F)(F)C(F)(F)C(F)(F)C(F)(F)F. The zero-order valence-electron chi connectivity index (χ0n) is 29.5. The highest BCUT2D eigenvalue weighted by Crippen LogP contribution is 2.70. The first-order valence-electron chi connectivity index (χ1n) is 15.1. The van der Waals surface area contributed by atoms with Gasteiger partial charge in [0, 0.05) is 39.6 Å². The summed E-state index contributed by atoms with van der Waals surface area (Å²) in [5, 5.41) is -6.25. The summed E-state index contributed by atoms with van der Waals surface area (Å²) in [5.41, 5.74) is -6.87. The lowest BCUT2D eigenvalue weighted by Crippen LogP contribution is -2.78. The molecule has 6 nitrogen and oxygen atoms in total. The van der Waals surface area contributed by atoms with Crippen LogP contribution in [0, 0.1) is 0 Å². The van der Waals surface area contributed by atoms with Crippen LogP contribution in [0.3, 0.4) is 0 Å².